The minimum absolute atomic E-state index is 0.0503. The molecule has 10 heteroatoms. The molecule has 0 radical (unpaired) electrons. The van der Waals surface area contributed by atoms with Crippen molar-refractivity contribution in [3.05, 3.63) is 23.3 Å². The molecule has 0 aliphatic heterocycles. The van der Waals surface area contributed by atoms with E-state index < -0.39 is 41.2 Å². The summed E-state index contributed by atoms with van der Waals surface area (Å²) < 4.78 is 79.7. The lowest BCUT2D eigenvalue weighted by atomic mass is 9.55. The summed E-state index contributed by atoms with van der Waals surface area (Å²) in [6.45, 7) is 7.34. The Bertz CT molecular complexity index is 1050. The average molecular weight is 609 g/mol. The maximum atomic E-state index is 13.3. The minimum Gasteiger partial charge on any atom is -0.393 e. The van der Waals surface area contributed by atoms with Gasteiger partial charge in [0.15, 0.2) is 0 Å². The number of aliphatic hydroxyl groups is 4. The van der Waals surface area contributed by atoms with Crippen LogP contribution in [0.3, 0.4) is 0 Å². The van der Waals surface area contributed by atoms with E-state index >= 15 is 0 Å². The maximum Gasteiger partial charge on any atom is 0.438 e. The molecule has 0 aromatic rings. The molecule has 0 bridgehead atoms. The number of aliphatic hydroxyl groups excluding tert-OH is 2. The molecule has 2 unspecified atom stereocenters. The number of hydrogen-bond acceptors (Lipinski definition) is 4. The van der Waals surface area contributed by atoms with Crippen LogP contribution in [0.25, 0.3) is 0 Å². The highest BCUT2D eigenvalue weighted by molar-refractivity contribution is 5.27. The molecule has 3 rings (SSSR count). The highest BCUT2D eigenvalue weighted by atomic mass is 19.4. The lowest BCUT2D eigenvalue weighted by molar-refractivity contribution is -0.343. The van der Waals surface area contributed by atoms with Crippen molar-refractivity contribution >= 4 is 0 Å². The summed E-state index contributed by atoms with van der Waals surface area (Å²) in [7, 11) is 0. The van der Waals surface area contributed by atoms with E-state index in [1.54, 1.807) is 13.8 Å². The fourth-order valence-electron chi connectivity index (χ4n) is 7.90. The molecule has 0 aromatic heterocycles. The van der Waals surface area contributed by atoms with Crippen molar-refractivity contribution < 1.29 is 46.8 Å². The zero-order valence-corrected chi connectivity index (χ0v) is 25.0. The number of halogens is 6. The lowest BCUT2D eigenvalue weighted by Gasteiger charge is -2.49. The Morgan fingerprint density at radius 1 is 0.905 bits per heavy atom. The topological polar surface area (TPSA) is 80.9 Å². The summed E-state index contributed by atoms with van der Waals surface area (Å²) in [6.07, 6.45) is -2.41. The van der Waals surface area contributed by atoms with Crippen LogP contribution in [-0.2, 0) is 0 Å². The molecule has 0 spiro atoms. The zero-order valence-electron chi connectivity index (χ0n) is 25.0. The van der Waals surface area contributed by atoms with E-state index in [1.165, 1.54) is 11.5 Å². The van der Waals surface area contributed by atoms with Crippen LogP contribution in [0.1, 0.15) is 105 Å². The third kappa shape index (κ3) is 7.75. The Balaban J connectivity index is 1.93. The van der Waals surface area contributed by atoms with Gasteiger partial charge in [-0.2, -0.15) is 26.3 Å². The Hall–Kier alpha value is -1.54. The molecule has 6 atom stereocenters. The summed E-state index contributed by atoms with van der Waals surface area (Å²) in [5.41, 5.74) is -4.88. The van der Waals surface area contributed by atoms with Crippen LogP contribution in [0.4, 0.5) is 26.3 Å². The van der Waals surface area contributed by atoms with Crippen LogP contribution in [0.2, 0.25) is 0 Å². The van der Waals surface area contributed by atoms with Crippen LogP contribution in [0.5, 0.6) is 0 Å². The number of allylic oxidation sites excluding steroid dienone is 3. The van der Waals surface area contributed by atoms with Gasteiger partial charge in [-0.3, -0.25) is 0 Å². The standard InChI is InChI=1S/C32H46F6O4/c1-27(2,41)13-6-14-28(3,15-7-17-30(42,31(33,34)35)32(36,37)38)26-12-11-25-22(8-5-16-29(25,26)4)10-9-21-18-23(39)20-24(40)19-21/h9-10,23-26,39-42H,5-6,8,11-16,18-20H2,1-4H3/b22-10+/t23-,24-,25?,26-,28-,29?/m1/s1. The monoisotopic (exact) mass is 608 g/mol. The molecule has 3 fully saturated rings. The molecule has 4 nitrogen and oxygen atoms in total. The van der Waals surface area contributed by atoms with E-state index in [9.17, 15) is 46.8 Å². The van der Waals surface area contributed by atoms with E-state index in [-0.39, 0.29) is 23.7 Å². The quantitative estimate of drug-likeness (QED) is 0.183. The largest absolute Gasteiger partial charge is 0.438 e. The van der Waals surface area contributed by atoms with Gasteiger partial charge in [-0.1, -0.05) is 49.5 Å². The average Bonchev–Trinajstić information content (AvgIpc) is 3.18. The molecular weight excluding hydrogens is 562 g/mol. The van der Waals surface area contributed by atoms with Gasteiger partial charge in [-0.25, -0.2) is 0 Å². The SMILES string of the molecule is CC(C)(O)CCC[C@](C)(CC#CC(O)(C(F)(F)F)C(F)(F)F)[C@H]1CCC2/C(=C/C=C3C[C@@H](O)C[C@H](O)C3)CCCC21C. The fourth-order valence-corrected chi connectivity index (χ4v) is 7.90. The third-order valence-corrected chi connectivity index (χ3v) is 10.00. The number of fused-ring (bicyclic) bond motifs is 1. The first-order chi connectivity index (χ1) is 19.1. The number of alkyl halides is 6. The van der Waals surface area contributed by atoms with Gasteiger partial charge in [0.05, 0.1) is 17.8 Å². The van der Waals surface area contributed by atoms with Gasteiger partial charge in [0.25, 0.3) is 0 Å². The number of rotatable bonds is 7. The van der Waals surface area contributed by atoms with E-state index in [0.29, 0.717) is 38.5 Å². The lowest BCUT2D eigenvalue weighted by Crippen LogP contribution is -2.55. The molecule has 42 heavy (non-hydrogen) atoms. The Kier molecular flexibility index (Phi) is 10.4. The molecule has 3 aliphatic carbocycles. The second-order valence-corrected chi connectivity index (χ2v) is 14.1. The third-order valence-electron chi connectivity index (χ3n) is 10.00. The van der Waals surface area contributed by atoms with Crippen molar-refractivity contribution in [1.29, 1.82) is 0 Å². The van der Waals surface area contributed by atoms with Crippen molar-refractivity contribution in [2.24, 2.45) is 22.7 Å². The summed E-state index contributed by atoms with van der Waals surface area (Å²) >= 11 is 0. The van der Waals surface area contributed by atoms with Crippen molar-refractivity contribution in [3.8, 4) is 11.8 Å². The second kappa shape index (κ2) is 12.5. The van der Waals surface area contributed by atoms with Crippen LogP contribution >= 0.6 is 0 Å². The summed E-state index contributed by atoms with van der Waals surface area (Å²) in [6, 6.07) is 0. The first-order valence-corrected chi connectivity index (χ1v) is 14.9. The minimum atomic E-state index is -6.00. The van der Waals surface area contributed by atoms with Crippen molar-refractivity contribution in [1.82, 2.24) is 0 Å². The van der Waals surface area contributed by atoms with Crippen molar-refractivity contribution in [3.63, 3.8) is 0 Å². The van der Waals surface area contributed by atoms with Crippen LogP contribution in [0.15, 0.2) is 23.3 Å². The normalized spacial score (nSPS) is 31.8. The molecular formula is C32H46F6O4. The molecule has 4 N–H and O–H groups in total. The van der Waals surface area contributed by atoms with Crippen LogP contribution in [0, 0.1) is 34.5 Å². The Morgan fingerprint density at radius 2 is 1.50 bits per heavy atom. The molecule has 0 heterocycles. The van der Waals surface area contributed by atoms with E-state index in [2.05, 4.69) is 18.9 Å². The van der Waals surface area contributed by atoms with Gasteiger partial charge >= 0.3 is 18.0 Å². The summed E-state index contributed by atoms with van der Waals surface area (Å²) in [5, 5.41) is 39.9. The molecule has 0 saturated heterocycles. The van der Waals surface area contributed by atoms with Crippen molar-refractivity contribution in [2.45, 2.75) is 141 Å². The molecule has 0 amide bonds. The first kappa shape index (κ1) is 34.9. The highest BCUT2D eigenvalue weighted by Gasteiger charge is 2.70. The predicted octanol–water partition coefficient (Wildman–Crippen LogP) is 7.16. The highest BCUT2D eigenvalue weighted by Crippen LogP contribution is 2.63. The Morgan fingerprint density at radius 3 is 2.05 bits per heavy atom. The van der Waals surface area contributed by atoms with Gasteiger partial charge in [-0.05, 0) is 107 Å². The molecule has 3 saturated carbocycles. The van der Waals surface area contributed by atoms with Crippen LogP contribution < -0.4 is 0 Å². The fraction of sp³-hybridized carbons (Fsp3) is 0.812. The van der Waals surface area contributed by atoms with E-state index in [4.69, 9.17) is 0 Å². The smallest absolute Gasteiger partial charge is 0.393 e. The van der Waals surface area contributed by atoms with Gasteiger partial charge < -0.3 is 20.4 Å². The van der Waals surface area contributed by atoms with E-state index in [1.807, 2.05) is 13.0 Å². The zero-order chi connectivity index (χ0) is 31.8. The van der Waals surface area contributed by atoms with Crippen molar-refractivity contribution in [2.75, 3.05) is 0 Å². The first-order valence-electron chi connectivity index (χ1n) is 14.9. The predicted molar refractivity (Wildman–Crippen MR) is 148 cm³/mol. The molecule has 0 aromatic carbocycles. The van der Waals surface area contributed by atoms with Gasteiger partial charge in [0, 0.05) is 6.42 Å². The van der Waals surface area contributed by atoms with Gasteiger partial charge in [-0.15, -0.1) is 0 Å². The van der Waals surface area contributed by atoms with Gasteiger partial charge in [0.2, 0.25) is 0 Å². The maximum absolute atomic E-state index is 13.3. The van der Waals surface area contributed by atoms with Crippen LogP contribution in [-0.4, -0.2) is 56.2 Å². The summed E-state index contributed by atoms with van der Waals surface area (Å²) in [4.78, 5) is 0. The van der Waals surface area contributed by atoms with E-state index in [0.717, 1.165) is 37.7 Å². The van der Waals surface area contributed by atoms with Gasteiger partial charge in [0.1, 0.15) is 0 Å². The summed E-state index contributed by atoms with van der Waals surface area (Å²) in [5.74, 6) is 3.42. The molecule has 240 valence electrons. The second-order valence-electron chi connectivity index (χ2n) is 14.1. The number of hydrogen-bond donors (Lipinski definition) is 4. The molecule has 3 aliphatic rings. The Labute approximate surface area is 245 Å².